The Morgan fingerprint density at radius 2 is 2.50 bits per heavy atom. The van der Waals surface area contributed by atoms with E-state index in [0.717, 1.165) is 40.5 Å². The summed E-state index contributed by atoms with van der Waals surface area (Å²) < 4.78 is 5.42. The molecule has 0 saturated carbocycles. The number of hydrogen-bond donors (Lipinski definition) is 2. The van der Waals surface area contributed by atoms with Crippen molar-refractivity contribution >= 4 is 17.4 Å². The zero-order chi connectivity index (χ0) is 13.9. The number of aryl methyl sites for hydroxylation is 2. The third-order valence-electron chi connectivity index (χ3n) is 3.45. The van der Waals surface area contributed by atoms with E-state index in [1.807, 2.05) is 13.0 Å². The Hall–Kier alpha value is -1.82. The first kappa shape index (κ1) is 13.2. The Balaban J connectivity index is 1.55. The van der Waals surface area contributed by atoms with E-state index in [4.69, 9.17) is 4.42 Å². The molecule has 0 saturated heterocycles. The third kappa shape index (κ3) is 2.85. The molecule has 106 valence electrons. The van der Waals surface area contributed by atoms with Crippen molar-refractivity contribution in [1.82, 2.24) is 15.6 Å². The zero-order valence-electron chi connectivity index (χ0n) is 11.3. The van der Waals surface area contributed by atoms with Gasteiger partial charge in [-0.1, -0.05) is 0 Å². The minimum absolute atomic E-state index is 0.0562. The maximum absolute atomic E-state index is 12.0. The SMILES string of the molecule is Cc1ncc(CNC(=O)NC2CCCc3occc32)s1. The summed E-state index contributed by atoms with van der Waals surface area (Å²) in [7, 11) is 0. The summed E-state index contributed by atoms with van der Waals surface area (Å²) in [6.07, 6.45) is 6.46. The van der Waals surface area contributed by atoms with Gasteiger partial charge >= 0.3 is 6.03 Å². The van der Waals surface area contributed by atoms with Crippen molar-refractivity contribution in [3.05, 3.63) is 39.7 Å². The van der Waals surface area contributed by atoms with Crippen LogP contribution in [-0.2, 0) is 13.0 Å². The van der Waals surface area contributed by atoms with Crippen molar-refractivity contribution < 1.29 is 9.21 Å². The number of fused-ring (bicyclic) bond motifs is 1. The van der Waals surface area contributed by atoms with E-state index in [1.54, 1.807) is 23.8 Å². The molecule has 0 spiro atoms. The molecule has 0 radical (unpaired) electrons. The van der Waals surface area contributed by atoms with Gasteiger partial charge in [0.1, 0.15) is 5.76 Å². The van der Waals surface area contributed by atoms with Crippen LogP contribution in [0.2, 0.25) is 0 Å². The summed E-state index contributed by atoms with van der Waals surface area (Å²) in [6.45, 7) is 2.47. The quantitative estimate of drug-likeness (QED) is 0.913. The van der Waals surface area contributed by atoms with Crippen LogP contribution < -0.4 is 10.6 Å². The summed E-state index contributed by atoms with van der Waals surface area (Å²) in [5.74, 6) is 1.000. The summed E-state index contributed by atoms with van der Waals surface area (Å²) in [4.78, 5) is 17.2. The van der Waals surface area contributed by atoms with E-state index in [1.165, 1.54) is 0 Å². The highest BCUT2D eigenvalue weighted by atomic mass is 32.1. The summed E-state index contributed by atoms with van der Waals surface area (Å²) >= 11 is 1.60. The number of amides is 2. The number of carbonyl (C=O) groups is 1. The molecular weight excluding hydrogens is 274 g/mol. The van der Waals surface area contributed by atoms with Gasteiger partial charge in [-0.15, -0.1) is 11.3 Å². The first-order chi connectivity index (χ1) is 9.72. The van der Waals surface area contributed by atoms with Crippen LogP contribution in [0.5, 0.6) is 0 Å². The lowest BCUT2D eigenvalue weighted by molar-refractivity contribution is 0.235. The number of nitrogens with zero attached hydrogens (tertiary/aromatic N) is 1. The lowest BCUT2D eigenvalue weighted by atomic mass is 9.93. The number of thiazole rings is 1. The molecule has 0 aromatic carbocycles. The first-order valence-electron chi connectivity index (χ1n) is 6.74. The minimum atomic E-state index is -0.143. The van der Waals surface area contributed by atoms with Gasteiger partial charge in [-0.2, -0.15) is 0 Å². The highest BCUT2D eigenvalue weighted by Crippen LogP contribution is 2.30. The fourth-order valence-electron chi connectivity index (χ4n) is 2.50. The van der Waals surface area contributed by atoms with E-state index in [0.29, 0.717) is 6.54 Å². The van der Waals surface area contributed by atoms with Crippen LogP contribution in [0, 0.1) is 6.92 Å². The van der Waals surface area contributed by atoms with E-state index >= 15 is 0 Å². The molecule has 20 heavy (non-hydrogen) atoms. The summed E-state index contributed by atoms with van der Waals surface area (Å²) in [6, 6.07) is 1.86. The molecule has 2 amide bonds. The molecule has 0 bridgehead atoms. The topological polar surface area (TPSA) is 67.2 Å². The van der Waals surface area contributed by atoms with Crippen LogP contribution in [0.4, 0.5) is 4.79 Å². The molecule has 1 unspecified atom stereocenters. The molecule has 1 aliphatic rings. The van der Waals surface area contributed by atoms with E-state index in [-0.39, 0.29) is 12.1 Å². The molecule has 0 aliphatic heterocycles. The van der Waals surface area contributed by atoms with Crippen LogP contribution in [0.1, 0.15) is 40.1 Å². The summed E-state index contributed by atoms with van der Waals surface area (Å²) in [5, 5.41) is 6.90. The smallest absolute Gasteiger partial charge is 0.315 e. The summed E-state index contributed by atoms with van der Waals surface area (Å²) in [5.41, 5.74) is 1.11. The Bertz CT molecular complexity index is 605. The average molecular weight is 291 g/mol. The van der Waals surface area contributed by atoms with Gasteiger partial charge in [-0.25, -0.2) is 9.78 Å². The van der Waals surface area contributed by atoms with Crippen molar-refractivity contribution in [2.24, 2.45) is 0 Å². The Kier molecular flexibility index (Phi) is 3.73. The van der Waals surface area contributed by atoms with Crippen LogP contribution in [0.25, 0.3) is 0 Å². The maximum Gasteiger partial charge on any atom is 0.315 e. The van der Waals surface area contributed by atoms with E-state index < -0.39 is 0 Å². The second-order valence-electron chi connectivity index (χ2n) is 4.92. The molecular formula is C14H17N3O2S. The average Bonchev–Trinajstić information content (AvgIpc) is 3.05. The fourth-order valence-corrected chi connectivity index (χ4v) is 3.23. The van der Waals surface area contributed by atoms with Gasteiger partial charge in [-0.3, -0.25) is 0 Å². The van der Waals surface area contributed by atoms with Gasteiger partial charge in [0, 0.05) is 23.1 Å². The molecule has 2 N–H and O–H groups in total. The van der Waals surface area contributed by atoms with Gasteiger partial charge in [0.05, 0.1) is 23.9 Å². The molecule has 2 aromatic heterocycles. The number of carbonyl (C=O) groups excluding carboxylic acids is 1. The molecule has 5 nitrogen and oxygen atoms in total. The van der Waals surface area contributed by atoms with Crippen molar-refractivity contribution in [1.29, 1.82) is 0 Å². The number of hydrogen-bond acceptors (Lipinski definition) is 4. The zero-order valence-corrected chi connectivity index (χ0v) is 12.1. The monoisotopic (exact) mass is 291 g/mol. The van der Waals surface area contributed by atoms with E-state index in [9.17, 15) is 4.79 Å². The van der Waals surface area contributed by atoms with E-state index in [2.05, 4.69) is 15.6 Å². The number of furan rings is 1. The standard InChI is InChI=1S/C14H17N3O2S/c1-9-15-7-10(20-9)8-16-14(18)17-12-3-2-4-13-11(12)5-6-19-13/h5-7,12H,2-4,8H2,1H3,(H2,16,17,18). The first-order valence-corrected chi connectivity index (χ1v) is 7.56. The second kappa shape index (κ2) is 5.66. The van der Waals surface area contributed by atoms with Gasteiger partial charge in [0.2, 0.25) is 0 Å². The van der Waals surface area contributed by atoms with Crippen LogP contribution >= 0.6 is 11.3 Å². The third-order valence-corrected chi connectivity index (χ3v) is 4.36. The molecule has 1 atom stereocenters. The molecule has 0 fully saturated rings. The highest BCUT2D eigenvalue weighted by Gasteiger charge is 2.23. The molecule has 1 aliphatic carbocycles. The van der Waals surface area contributed by atoms with Crippen molar-refractivity contribution in [2.75, 3.05) is 0 Å². The van der Waals surface area contributed by atoms with Crippen LogP contribution in [0.15, 0.2) is 22.9 Å². The van der Waals surface area contributed by atoms with Gasteiger partial charge in [-0.05, 0) is 25.8 Å². The van der Waals surface area contributed by atoms with Crippen molar-refractivity contribution in [3.63, 3.8) is 0 Å². The van der Waals surface area contributed by atoms with Crippen LogP contribution in [-0.4, -0.2) is 11.0 Å². The number of rotatable bonds is 3. The predicted octanol–water partition coefficient (Wildman–Crippen LogP) is 2.92. The Morgan fingerprint density at radius 1 is 1.60 bits per heavy atom. The van der Waals surface area contributed by atoms with Gasteiger partial charge in [0.25, 0.3) is 0 Å². The largest absolute Gasteiger partial charge is 0.469 e. The number of nitrogens with one attached hydrogen (secondary N) is 2. The molecule has 6 heteroatoms. The molecule has 2 heterocycles. The second-order valence-corrected chi connectivity index (χ2v) is 6.24. The van der Waals surface area contributed by atoms with Crippen molar-refractivity contribution in [3.8, 4) is 0 Å². The van der Waals surface area contributed by atoms with Crippen LogP contribution in [0.3, 0.4) is 0 Å². The van der Waals surface area contributed by atoms with Gasteiger partial charge in [0.15, 0.2) is 0 Å². The number of urea groups is 1. The Labute approximate surface area is 121 Å². The normalized spacial score (nSPS) is 17.6. The fraction of sp³-hybridized carbons (Fsp3) is 0.429. The van der Waals surface area contributed by atoms with Crippen molar-refractivity contribution in [2.45, 2.75) is 38.8 Å². The highest BCUT2D eigenvalue weighted by molar-refractivity contribution is 7.11. The lowest BCUT2D eigenvalue weighted by Gasteiger charge is -2.22. The molecule has 2 aromatic rings. The van der Waals surface area contributed by atoms with Gasteiger partial charge < -0.3 is 15.1 Å². The Morgan fingerprint density at radius 3 is 3.30 bits per heavy atom. The minimum Gasteiger partial charge on any atom is -0.469 e. The molecule has 3 rings (SSSR count). The predicted molar refractivity (Wildman–Crippen MR) is 76.6 cm³/mol. The maximum atomic E-state index is 12.0. The lowest BCUT2D eigenvalue weighted by Crippen LogP contribution is -2.38. The number of aromatic nitrogens is 1.